The molecule has 0 radical (unpaired) electrons. The van der Waals surface area contributed by atoms with E-state index in [2.05, 4.69) is 127 Å². The van der Waals surface area contributed by atoms with Crippen molar-refractivity contribution >= 4 is 38.9 Å². The van der Waals surface area contributed by atoms with Gasteiger partial charge in [0.15, 0.2) is 0 Å². The van der Waals surface area contributed by atoms with Gasteiger partial charge in [0.05, 0.1) is 0 Å². The number of hydrogen-bond acceptors (Lipinski definition) is 0. The fraction of sp³-hybridized carbons (Fsp3) is 0.0690. The van der Waals surface area contributed by atoms with Gasteiger partial charge in [-0.1, -0.05) is 0 Å². The third kappa shape index (κ3) is 6.71. The molecule has 0 N–H and O–H groups in total. The molecule has 31 heavy (non-hydrogen) atoms. The van der Waals surface area contributed by atoms with Crippen LogP contribution in [0.1, 0.15) is 22.3 Å². The molecule has 152 valence electrons. The molecule has 0 bridgehead atoms. The van der Waals surface area contributed by atoms with Gasteiger partial charge in [-0.25, -0.2) is 0 Å². The third-order valence-corrected chi connectivity index (χ3v) is 9.38. The van der Waals surface area contributed by atoms with Crippen LogP contribution in [0.15, 0.2) is 127 Å². The number of benzene rings is 4. The molecule has 0 saturated carbocycles. The van der Waals surface area contributed by atoms with E-state index in [4.69, 9.17) is 0 Å². The first-order chi connectivity index (χ1) is 15.4. The van der Waals surface area contributed by atoms with Crippen LogP contribution in [0.3, 0.4) is 0 Å². The van der Waals surface area contributed by atoms with Gasteiger partial charge in [-0.3, -0.25) is 0 Å². The molecule has 0 aliphatic carbocycles. The first kappa shape index (κ1) is 21.7. The molecule has 0 heterocycles. The first-order valence-electron chi connectivity index (χ1n) is 10.3. The zero-order valence-electron chi connectivity index (χ0n) is 17.3. The van der Waals surface area contributed by atoms with Crippen LogP contribution >= 0.6 is 0 Å². The Morgan fingerprint density at radius 1 is 0.452 bits per heavy atom. The van der Waals surface area contributed by atoms with E-state index in [1.165, 1.54) is 31.2 Å². The van der Waals surface area contributed by atoms with E-state index < -0.39 is 0 Å². The predicted molar refractivity (Wildman–Crippen MR) is 135 cm³/mol. The van der Waals surface area contributed by atoms with Gasteiger partial charge < -0.3 is 0 Å². The van der Waals surface area contributed by atoms with Gasteiger partial charge in [0, 0.05) is 0 Å². The Kier molecular flexibility index (Phi) is 8.20. The monoisotopic (exact) mass is 532 g/mol. The Labute approximate surface area is 198 Å². The Hall–Kier alpha value is -2.56. The fourth-order valence-electron chi connectivity index (χ4n) is 3.12. The number of hydrogen-bond donors (Lipinski definition) is 0. The van der Waals surface area contributed by atoms with Crippen molar-refractivity contribution in [3.8, 4) is 0 Å². The van der Waals surface area contributed by atoms with Gasteiger partial charge in [0.1, 0.15) is 0 Å². The van der Waals surface area contributed by atoms with Crippen LogP contribution in [0, 0.1) is 0 Å². The van der Waals surface area contributed by atoms with E-state index >= 15 is 0 Å². The van der Waals surface area contributed by atoms with E-state index in [0.29, 0.717) is 29.9 Å². The van der Waals surface area contributed by atoms with Crippen molar-refractivity contribution in [2.45, 2.75) is 10.6 Å². The SMILES string of the molecule is C(=C([Se]Cc1ccccc1)c1ccccc1)=C([Se]Cc1ccccc1)c1ccccc1. The van der Waals surface area contributed by atoms with Gasteiger partial charge >= 0.3 is 199 Å². The van der Waals surface area contributed by atoms with E-state index in [1.807, 2.05) is 0 Å². The second-order valence-electron chi connectivity index (χ2n) is 7.06. The minimum atomic E-state index is 0.311. The van der Waals surface area contributed by atoms with E-state index in [0.717, 1.165) is 10.6 Å². The standard InChI is InChI=1S/C29H24Se2/c1-5-13-24(14-6-1)22-30-28(26-17-9-3-10-18-26)21-29(27-19-11-4-12-20-27)31-23-25-15-7-2-8-16-25/h1-20H,22-23H2. The van der Waals surface area contributed by atoms with Crippen molar-refractivity contribution in [2.24, 2.45) is 0 Å². The summed E-state index contributed by atoms with van der Waals surface area (Å²) in [5.41, 5.74) is 9.30. The molecule has 0 amide bonds. The quantitative estimate of drug-likeness (QED) is 0.181. The Morgan fingerprint density at radius 3 is 1.13 bits per heavy atom. The molecule has 0 aromatic heterocycles. The first-order valence-corrected chi connectivity index (χ1v) is 14.5. The Morgan fingerprint density at radius 2 is 0.774 bits per heavy atom. The average molecular weight is 530 g/mol. The van der Waals surface area contributed by atoms with Crippen LogP contribution in [-0.4, -0.2) is 29.9 Å². The Bertz CT molecular complexity index is 1040. The van der Waals surface area contributed by atoms with E-state index in [-0.39, 0.29) is 0 Å². The van der Waals surface area contributed by atoms with Crippen LogP contribution in [0.25, 0.3) is 8.94 Å². The normalized spacial score (nSPS) is 10.3. The zero-order chi connectivity index (χ0) is 21.1. The maximum atomic E-state index is 3.92. The summed E-state index contributed by atoms with van der Waals surface area (Å²) < 4.78 is 2.71. The Balaban J connectivity index is 1.72. The zero-order valence-corrected chi connectivity index (χ0v) is 20.7. The molecule has 0 spiro atoms. The topological polar surface area (TPSA) is 0 Å². The van der Waals surface area contributed by atoms with Crippen molar-refractivity contribution in [3.63, 3.8) is 0 Å². The molecule has 4 aromatic carbocycles. The van der Waals surface area contributed by atoms with Gasteiger partial charge in [0.2, 0.25) is 0 Å². The molecule has 0 aliphatic rings. The van der Waals surface area contributed by atoms with Crippen molar-refractivity contribution in [1.82, 2.24) is 0 Å². The van der Waals surface area contributed by atoms with Crippen molar-refractivity contribution in [2.75, 3.05) is 0 Å². The average Bonchev–Trinajstić information content (AvgIpc) is 2.86. The molecular formula is C29H24Se2. The van der Waals surface area contributed by atoms with Gasteiger partial charge in [-0.05, 0) is 0 Å². The van der Waals surface area contributed by atoms with Crippen LogP contribution in [0.2, 0.25) is 0 Å². The summed E-state index contributed by atoms with van der Waals surface area (Å²) in [5.74, 6) is 0. The molecule has 0 nitrogen and oxygen atoms in total. The molecule has 4 aromatic rings. The van der Waals surface area contributed by atoms with Crippen LogP contribution in [0.4, 0.5) is 0 Å². The molecule has 0 atom stereocenters. The second kappa shape index (κ2) is 11.7. The summed E-state index contributed by atoms with van der Waals surface area (Å²) >= 11 is 0.622. The summed E-state index contributed by atoms with van der Waals surface area (Å²) in [6.07, 6.45) is 0. The summed E-state index contributed by atoms with van der Waals surface area (Å²) in [7, 11) is 0. The molecule has 2 heteroatoms. The van der Waals surface area contributed by atoms with E-state index in [9.17, 15) is 0 Å². The molecular weight excluding hydrogens is 506 g/mol. The third-order valence-electron chi connectivity index (χ3n) is 4.75. The van der Waals surface area contributed by atoms with Crippen molar-refractivity contribution in [3.05, 3.63) is 149 Å². The summed E-state index contributed by atoms with van der Waals surface area (Å²) in [6.45, 7) is 0. The summed E-state index contributed by atoms with van der Waals surface area (Å²) in [6, 6.07) is 43.2. The number of rotatable bonds is 8. The molecule has 0 saturated heterocycles. The molecule has 0 unspecified atom stereocenters. The fourth-order valence-corrected chi connectivity index (χ4v) is 7.57. The summed E-state index contributed by atoms with van der Waals surface area (Å²) in [5, 5.41) is 2.16. The summed E-state index contributed by atoms with van der Waals surface area (Å²) in [4.78, 5) is 0. The predicted octanol–water partition coefficient (Wildman–Crippen LogP) is 6.48. The van der Waals surface area contributed by atoms with Crippen LogP contribution < -0.4 is 0 Å². The van der Waals surface area contributed by atoms with Gasteiger partial charge in [0.25, 0.3) is 0 Å². The maximum absolute atomic E-state index is 3.92. The molecule has 4 rings (SSSR count). The van der Waals surface area contributed by atoms with Gasteiger partial charge in [-0.2, -0.15) is 0 Å². The van der Waals surface area contributed by atoms with Crippen LogP contribution in [-0.2, 0) is 10.6 Å². The second-order valence-corrected chi connectivity index (χ2v) is 11.2. The minimum absolute atomic E-state index is 0.311. The molecule has 0 aliphatic heterocycles. The molecule has 0 fully saturated rings. The van der Waals surface area contributed by atoms with Crippen molar-refractivity contribution < 1.29 is 0 Å². The van der Waals surface area contributed by atoms with Crippen LogP contribution in [0.5, 0.6) is 0 Å². The van der Waals surface area contributed by atoms with Crippen molar-refractivity contribution in [1.29, 1.82) is 0 Å². The van der Waals surface area contributed by atoms with Gasteiger partial charge in [-0.15, -0.1) is 0 Å². The van der Waals surface area contributed by atoms with E-state index in [1.54, 1.807) is 0 Å².